The van der Waals surface area contributed by atoms with Crippen molar-refractivity contribution in [2.45, 2.75) is 69.7 Å². The molecule has 0 radical (unpaired) electrons. The SMILES string of the molecule is CC(O)C(N)C(=O)NCC(=O)NC(CCCCN)C(=O)NC(CCCCN)C(=O)O. The molecule has 0 aliphatic rings. The van der Waals surface area contributed by atoms with Crippen molar-refractivity contribution in [2.75, 3.05) is 19.6 Å². The van der Waals surface area contributed by atoms with Crippen molar-refractivity contribution in [2.24, 2.45) is 17.2 Å². The Hall–Kier alpha value is -2.28. The molecule has 3 amide bonds. The van der Waals surface area contributed by atoms with Crippen molar-refractivity contribution in [3.63, 3.8) is 0 Å². The second kappa shape index (κ2) is 15.5. The number of aliphatic hydroxyl groups excluding tert-OH is 1. The highest BCUT2D eigenvalue weighted by atomic mass is 16.4. The summed E-state index contributed by atoms with van der Waals surface area (Å²) in [5, 5.41) is 25.8. The molecule has 0 aromatic heterocycles. The fourth-order valence-corrected chi connectivity index (χ4v) is 2.53. The summed E-state index contributed by atoms with van der Waals surface area (Å²) in [6.45, 7) is 1.72. The molecule has 4 atom stereocenters. The Morgan fingerprint density at radius 3 is 1.87 bits per heavy atom. The van der Waals surface area contributed by atoms with Crippen molar-refractivity contribution in [3.05, 3.63) is 0 Å². The number of rotatable bonds is 16. The summed E-state index contributed by atoms with van der Waals surface area (Å²) >= 11 is 0. The molecular weight excluding hydrogens is 396 g/mol. The zero-order valence-electron chi connectivity index (χ0n) is 17.4. The Labute approximate surface area is 176 Å². The largest absolute Gasteiger partial charge is 0.480 e. The summed E-state index contributed by atoms with van der Waals surface area (Å²) < 4.78 is 0. The van der Waals surface area contributed by atoms with Crippen LogP contribution < -0.4 is 33.2 Å². The summed E-state index contributed by atoms with van der Waals surface area (Å²) in [6, 6.07) is -3.27. The lowest BCUT2D eigenvalue weighted by Gasteiger charge is -2.22. The molecule has 0 rings (SSSR count). The van der Waals surface area contributed by atoms with Crippen LogP contribution in [0.25, 0.3) is 0 Å². The Kier molecular flexibility index (Phi) is 14.4. The molecular formula is C18H36N6O6. The first-order chi connectivity index (χ1) is 14.1. The number of carboxylic acids is 1. The average Bonchev–Trinajstić information content (AvgIpc) is 2.69. The van der Waals surface area contributed by atoms with E-state index in [0.717, 1.165) is 0 Å². The zero-order chi connectivity index (χ0) is 23.1. The lowest BCUT2D eigenvalue weighted by Crippen LogP contribution is -2.54. The molecule has 12 nitrogen and oxygen atoms in total. The van der Waals surface area contributed by atoms with Gasteiger partial charge in [0, 0.05) is 0 Å². The maximum Gasteiger partial charge on any atom is 0.326 e. The van der Waals surface area contributed by atoms with Crippen molar-refractivity contribution in [1.82, 2.24) is 16.0 Å². The Bertz CT molecular complexity index is 559. The van der Waals surface area contributed by atoms with Crippen molar-refractivity contribution < 1.29 is 29.4 Å². The molecule has 0 saturated heterocycles. The summed E-state index contributed by atoms with van der Waals surface area (Å²) in [5.74, 6) is -3.17. The molecule has 174 valence electrons. The van der Waals surface area contributed by atoms with Gasteiger partial charge in [0.2, 0.25) is 17.7 Å². The highest BCUT2D eigenvalue weighted by molar-refractivity contribution is 5.92. The van der Waals surface area contributed by atoms with Gasteiger partial charge in [0.25, 0.3) is 0 Å². The molecule has 0 aromatic rings. The van der Waals surface area contributed by atoms with Crippen LogP contribution in [0.4, 0.5) is 0 Å². The van der Waals surface area contributed by atoms with Gasteiger partial charge in [-0.2, -0.15) is 0 Å². The molecule has 4 unspecified atom stereocenters. The Morgan fingerprint density at radius 1 is 0.867 bits per heavy atom. The molecule has 0 fully saturated rings. The van der Waals surface area contributed by atoms with E-state index in [1.807, 2.05) is 0 Å². The van der Waals surface area contributed by atoms with E-state index in [1.165, 1.54) is 6.92 Å². The standard InChI is InChI=1S/C18H36N6O6/c1-11(25)15(21)17(28)22-10-14(26)23-12(6-2-4-8-19)16(27)24-13(18(29)30)7-3-5-9-20/h11-13,15,25H,2-10,19-21H2,1H3,(H,22,28)(H,23,26)(H,24,27)(H,29,30). The fraction of sp³-hybridized carbons (Fsp3) is 0.778. The first-order valence-electron chi connectivity index (χ1n) is 10.1. The van der Waals surface area contributed by atoms with Crippen LogP contribution >= 0.6 is 0 Å². The predicted octanol–water partition coefficient (Wildman–Crippen LogP) is -2.88. The van der Waals surface area contributed by atoms with Crippen LogP contribution in [0.5, 0.6) is 0 Å². The zero-order valence-corrected chi connectivity index (χ0v) is 17.4. The normalized spacial score (nSPS) is 14.8. The second-order valence-corrected chi connectivity index (χ2v) is 7.07. The highest BCUT2D eigenvalue weighted by Gasteiger charge is 2.26. The first-order valence-corrected chi connectivity index (χ1v) is 10.1. The number of carboxylic acid groups (broad SMARTS) is 1. The molecule has 0 spiro atoms. The van der Waals surface area contributed by atoms with E-state index >= 15 is 0 Å². The molecule has 12 heteroatoms. The summed E-state index contributed by atoms with van der Waals surface area (Å²) in [7, 11) is 0. The minimum atomic E-state index is -1.19. The summed E-state index contributed by atoms with van der Waals surface area (Å²) in [4.78, 5) is 47.8. The Balaban J connectivity index is 4.89. The van der Waals surface area contributed by atoms with Crippen LogP contribution in [0.3, 0.4) is 0 Å². The van der Waals surface area contributed by atoms with Gasteiger partial charge < -0.3 is 43.4 Å². The minimum Gasteiger partial charge on any atom is -0.480 e. The van der Waals surface area contributed by atoms with Crippen LogP contribution in [0, 0.1) is 0 Å². The molecule has 0 heterocycles. The van der Waals surface area contributed by atoms with E-state index in [9.17, 15) is 29.4 Å². The number of nitrogens with two attached hydrogens (primary N) is 3. The molecule has 0 aliphatic heterocycles. The number of amides is 3. The second-order valence-electron chi connectivity index (χ2n) is 7.07. The first kappa shape index (κ1) is 27.7. The summed E-state index contributed by atoms with van der Waals surface area (Å²) in [5.41, 5.74) is 16.3. The van der Waals surface area contributed by atoms with E-state index in [4.69, 9.17) is 17.2 Å². The van der Waals surface area contributed by atoms with Gasteiger partial charge >= 0.3 is 5.97 Å². The molecule has 11 N–H and O–H groups in total. The third-order valence-corrected chi connectivity index (χ3v) is 4.41. The summed E-state index contributed by atoms with van der Waals surface area (Å²) in [6.07, 6.45) is 1.71. The number of hydrogen-bond donors (Lipinski definition) is 8. The van der Waals surface area contributed by atoms with Crippen molar-refractivity contribution >= 4 is 23.7 Å². The lowest BCUT2D eigenvalue weighted by atomic mass is 10.1. The van der Waals surface area contributed by atoms with E-state index in [0.29, 0.717) is 38.8 Å². The van der Waals surface area contributed by atoms with E-state index in [1.54, 1.807) is 0 Å². The maximum absolute atomic E-state index is 12.6. The third-order valence-electron chi connectivity index (χ3n) is 4.41. The van der Waals surface area contributed by atoms with Gasteiger partial charge in [0.1, 0.15) is 18.1 Å². The van der Waals surface area contributed by atoms with Gasteiger partial charge in [-0.25, -0.2) is 4.79 Å². The third kappa shape index (κ3) is 11.7. The van der Waals surface area contributed by atoms with Gasteiger partial charge in [0.05, 0.1) is 12.6 Å². The molecule has 0 bridgehead atoms. The molecule has 0 saturated carbocycles. The van der Waals surface area contributed by atoms with Gasteiger partial charge in [-0.05, 0) is 58.5 Å². The molecule has 30 heavy (non-hydrogen) atoms. The lowest BCUT2D eigenvalue weighted by molar-refractivity contribution is -0.142. The van der Waals surface area contributed by atoms with Gasteiger partial charge in [0.15, 0.2) is 0 Å². The molecule has 0 aliphatic carbocycles. The van der Waals surface area contributed by atoms with Crippen molar-refractivity contribution in [3.8, 4) is 0 Å². The van der Waals surface area contributed by atoms with Crippen LogP contribution in [0.1, 0.15) is 45.4 Å². The van der Waals surface area contributed by atoms with E-state index in [-0.39, 0.29) is 12.8 Å². The monoisotopic (exact) mass is 432 g/mol. The Morgan fingerprint density at radius 2 is 1.40 bits per heavy atom. The number of carbonyl (C=O) groups is 4. The maximum atomic E-state index is 12.6. The number of carbonyl (C=O) groups excluding carboxylic acids is 3. The molecule has 0 aromatic carbocycles. The number of nitrogens with one attached hydrogen (secondary N) is 3. The highest BCUT2D eigenvalue weighted by Crippen LogP contribution is 2.05. The van der Waals surface area contributed by atoms with Crippen LogP contribution in [-0.4, -0.2) is 77.8 Å². The topological polar surface area (TPSA) is 223 Å². The van der Waals surface area contributed by atoms with Crippen molar-refractivity contribution in [1.29, 1.82) is 0 Å². The van der Waals surface area contributed by atoms with E-state index in [2.05, 4.69) is 16.0 Å². The fourth-order valence-electron chi connectivity index (χ4n) is 2.53. The predicted molar refractivity (Wildman–Crippen MR) is 110 cm³/mol. The van der Waals surface area contributed by atoms with E-state index < -0.39 is 54.5 Å². The van der Waals surface area contributed by atoms with Gasteiger partial charge in [-0.3, -0.25) is 14.4 Å². The number of aliphatic carboxylic acids is 1. The minimum absolute atomic E-state index is 0.217. The van der Waals surface area contributed by atoms with Gasteiger partial charge in [-0.15, -0.1) is 0 Å². The van der Waals surface area contributed by atoms with Crippen LogP contribution in [0.15, 0.2) is 0 Å². The number of unbranched alkanes of at least 4 members (excludes halogenated alkanes) is 2. The van der Waals surface area contributed by atoms with Crippen LogP contribution in [-0.2, 0) is 19.2 Å². The van der Waals surface area contributed by atoms with Gasteiger partial charge in [-0.1, -0.05) is 0 Å². The number of aliphatic hydroxyl groups is 1. The average molecular weight is 433 g/mol. The quantitative estimate of drug-likeness (QED) is 0.117. The van der Waals surface area contributed by atoms with Crippen LogP contribution in [0.2, 0.25) is 0 Å². The smallest absolute Gasteiger partial charge is 0.326 e. The number of hydrogen-bond acceptors (Lipinski definition) is 8.